The molecule has 0 saturated heterocycles. The van der Waals surface area contributed by atoms with Gasteiger partial charge in [0.25, 0.3) is 0 Å². The third-order valence-electron chi connectivity index (χ3n) is 6.80. The van der Waals surface area contributed by atoms with Crippen molar-refractivity contribution < 1.29 is 31.9 Å². The minimum absolute atomic E-state index is 0.0435. The molecule has 2 aliphatic rings. The highest BCUT2D eigenvalue weighted by molar-refractivity contribution is 9.10. The third-order valence-corrected chi connectivity index (χ3v) is 9.88. The molecule has 7 nitrogen and oxygen atoms in total. The molecule has 36 heavy (non-hydrogen) atoms. The van der Waals surface area contributed by atoms with E-state index in [0.29, 0.717) is 15.7 Å². The van der Waals surface area contributed by atoms with Crippen LogP contribution in [-0.2, 0) is 28.9 Å². The maximum absolute atomic E-state index is 14.4. The number of rotatable bonds is 4. The molecule has 0 bridgehead atoms. The first kappa shape index (κ1) is 26.6. The molecule has 10 heteroatoms. The van der Waals surface area contributed by atoms with Gasteiger partial charge in [0.2, 0.25) is 0 Å². The van der Waals surface area contributed by atoms with Crippen LogP contribution in [0.5, 0.6) is 0 Å². The van der Waals surface area contributed by atoms with Crippen molar-refractivity contribution in [3.63, 3.8) is 0 Å². The van der Waals surface area contributed by atoms with Gasteiger partial charge in [0.15, 0.2) is 9.84 Å². The Kier molecular flexibility index (Phi) is 6.98. The van der Waals surface area contributed by atoms with Crippen molar-refractivity contribution in [1.82, 2.24) is 0 Å². The van der Waals surface area contributed by atoms with Crippen LogP contribution < -0.4 is 4.90 Å². The second-order valence-corrected chi connectivity index (χ2v) is 13.2. The van der Waals surface area contributed by atoms with Gasteiger partial charge in [-0.2, -0.15) is 0 Å². The van der Waals surface area contributed by atoms with Crippen molar-refractivity contribution in [2.45, 2.75) is 55.8 Å². The predicted octanol–water partition coefficient (Wildman–Crippen LogP) is 5.60. The van der Waals surface area contributed by atoms with E-state index < -0.39 is 49.9 Å². The van der Waals surface area contributed by atoms with Crippen LogP contribution in [0.15, 0.2) is 51.8 Å². The fraction of sp³-hybridized carbons (Fsp3) is 0.462. The van der Waals surface area contributed by atoms with Gasteiger partial charge in [0.05, 0.1) is 23.1 Å². The average molecular weight is 582 g/mol. The van der Waals surface area contributed by atoms with Gasteiger partial charge in [-0.15, -0.1) is 0 Å². The number of sulfone groups is 1. The molecule has 4 rings (SSSR count). The molecule has 0 spiro atoms. The molecule has 194 valence electrons. The number of esters is 1. The highest BCUT2D eigenvalue weighted by Gasteiger charge is 2.64. The molecular formula is C26H29BrFNO6S. The lowest BCUT2D eigenvalue weighted by molar-refractivity contribution is -0.149. The minimum Gasteiger partial charge on any atom is -0.466 e. The van der Waals surface area contributed by atoms with Crippen LogP contribution in [0, 0.1) is 17.7 Å². The summed E-state index contributed by atoms with van der Waals surface area (Å²) in [7, 11) is -4.14. The molecule has 1 saturated carbocycles. The zero-order chi connectivity index (χ0) is 26.5. The second-order valence-electron chi connectivity index (χ2n) is 10.1. The second kappa shape index (κ2) is 9.45. The highest BCUT2D eigenvalue weighted by atomic mass is 79.9. The van der Waals surface area contributed by atoms with Crippen LogP contribution in [0.25, 0.3) is 0 Å². The topological polar surface area (TPSA) is 90.0 Å². The van der Waals surface area contributed by atoms with E-state index in [9.17, 15) is 22.4 Å². The summed E-state index contributed by atoms with van der Waals surface area (Å²) in [6, 6.07) is 9.78. The molecule has 3 atom stereocenters. The molecule has 1 aliphatic heterocycles. The van der Waals surface area contributed by atoms with Gasteiger partial charge in [-0.1, -0.05) is 22.0 Å². The average Bonchev–Trinajstić information content (AvgIpc) is 3.19. The Morgan fingerprint density at radius 3 is 2.44 bits per heavy atom. The Labute approximate surface area is 219 Å². The molecule has 0 aromatic heterocycles. The van der Waals surface area contributed by atoms with Crippen LogP contribution in [-0.4, -0.2) is 39.2 Å². The first-order valence-electron chi connectivity index (χ1n) is 11.8. The number of hydrogen-bond donors (Lipinski definition) is 0. The summed E-state index contributed by atoms with van der Waals surface area (Å²) in [5.74, 6) is -2.60. The highest BCUT2D eigenvalue weighted by Crippen LogP contribution is 2.59. The lowest BCUT2D eigenvalue weighted by Crippen LogP contribution is -2.54. The number of benzene rings is 2. The largest absolute Gasteiger partial charge is 0.466 e. The summed E-state index contributed by atoms with van der Waals surface area (Å²) in [5, 5.41) is 0. The third kappa shape index (κ3) is 4.42. The summed E-state index contributed by atoms with van der Waals surface area (Å²) >= 11 is 3.43. The molecule has 1 aliphatic carbocycles. The lowest BCUT2D eigenvalue weighted by atomic mass is 9.79. The molecular weight excluding hydrogens is 553 g/mol. The van der Waals surface area contributed by atoms with Crippen molar-refractivity contribution >= 4 is 43.5 Å². The predicted molar refractivity (Wildman–Crippen MR) is 136 cm³/mol. The minimum atomic E-state index is -4.14. The van der Waals surface area contributed by atoms with E-state index in [0.717, 1.165) is 12.1 Å². The number of carbonyl (C=O) groups excluding carboxylic acids is 2. The molecule has 0 unspecified atom stereocenters. The van der Waals surface area contributed by atoms with Crippen LogP contribution in [0.3, 0.4) is 0 Å². The Hall–Kier alpha value is -2.46. The van der Waals surface area contributed by atoms with Crippen molar-refractivity contribution in [2.75, 3.05) is 18.1 Å². The van der Waals surface area contributed by atoms with Gasteiger partial charge in [-0.05, 0) is 82.5 Å². The van der Waals surface area contributed by atoms with Crippen molar-refractivity contribution in [2.24, 2.45) is 11.8 Å². The summed E-state index contributed by atoms with van der Waals surface area (Å²) < 4.78 is 52.5. The standard InChI is InChI=1S/C26H29BrFNO6S/c1-5-34-23(30)19-12-13-26(36(32,33)18-9-7-17(28)8-10-18)20-11-6-16(27)14-22(20)29(15-21(19)26)24(31)35-25(2,3)4/h6-11,14,19,21H,5,12-13,15H2,1-4H3/t19-,21+,26-/m1/s1. The van der Waals surface area contributed by atoms with Gasteiger partial charge in [0.1, 0.15) is 16.2 Å². The van der Waals surface area contributed by atoms with E-state index in [-0.39, 0.29) is 30.9 Å². The van der Waals surface area contributed by atoms with Crippen molar-refractivity contribution in [3.05, 3.63) is 58.3 Å². The molecule has 2 aromatic rings. The van der Waals surface area contributed by atoms with Crippen LogP contribution in [0.1, 0.15) is 46.1 Å². The summed E-state index contributed by atoms with van der Waals surface area (Å²) in [6.07, 6.45) is -0.219. The van der Waals surface area contributed by atoms with Gasteiger partial charge in [-0.25, -0.2) is 17.6 Å². The van der Waals surface area contributed by atoms with E-state index >= 15 is 0 Å². The molecule has 2 aromatic carbocycles. The van der Waals surface area contributed by atoms with E-state index in [1.165, 1.54) is 17.0 Å². The van der Waals surface area contributed by atoms with E-state index in [1.54, 1.807) is 45.9 Å². The normalized spacial score (nSPS) is 23.6. The zero-order valence-electron chi connectivity index (χ0n) is 20.6. The number of nitrogens with zero attached hydrogens (tertiary/aromatic N) is 1. The van der Waals surface area contributed by atoms with E-state index in [4.69, 9.17) is 9.47 Å². The summed E-state index contributed by atoms with van der Waals surface area (Å²) in [4.78, 5) is 27.7. The number of carbonyl (C=O) groups is 2. The monoisotopic (exact) mass is 581 g/mol. The van der Waals surface area contributed by atoms with E-state index in [1.807, 2.05) is 0 Å². The number of halogens is 2. The Morgan fingerprint density at radius 1 is 1.17 bits per heavy atom. The maximum Gasteiger partial charge on any atom is 0.414 e. The zero-order valence-corrected chi connectivity index (χ0v) is 23.0. The van der Waals surface area contributed by atoms with Gasteiger partial charge in [-0.3, -0.25) is 9.69 Å². The maximum atomic E-state index is 14.4. The Bertz CT molecular complexity index is 1290. The van der Waals surface area contributed by atoms with Crippen molar-refractivity contribution in [1.29, 1.82) is 0 Å². The SMILES string of the molecule is CCOC(=O)[C@@H]1CC[C@@]2(S(=O)(=O)c3ccc(F)cc3)c3ccc(Br)cc3N(C(=O)OC(C)(C)C)C[C@@H]12. The van der Waals surface area contributed by atoms with Crippen molar-refractivity contribution in [3.8, 4) is 0 Å². The molecule has 0 N–H and O–H groups in total. The Morgan fingerprint density at radius 2 is 1.83 bits per heavy atom. The molecule has 1 heterocycles. The number of amides is 1. The van der Waals surface area contributed by atoms with Gasteiger partial charge < -0.3 is 9.47 Å². The van der Waals surface area contributed by atoms with Crippen LogP contribution in [0.4, 0.5) is 14.9 Å². The van der Waals surface area contributed by atoms with Crippen LogP contribution >= 0.6 is 15.9 Å². The fourth-order valence-electron chi connectivity index (χ4n) is 5.40. The first-order chi connectivity index (χ1) is 16.8. The van der Waals surface area contributed by atoms with E-state index in [2.05, 4.69) is 15.9 Å². The molecule has 0 radical (unpaired) electrons. The smallest absolute Gasteiger partial charge is 0.414 e. The fourth-order valence-corrected chi connectivity index (χ4v) is 8.15. The van der Waals surface area contributed by atoms with Gasteiger partial charge in [0, 0.05) is 16.9 Å². The lowest BCUT2D eigenvalue weighted by Gasteiger charge is -2.46. The molecule has 1 fully saturated rings. The Balaban J connectivity index is 1.96. The number of fused-ring (bicyclic) bond motifs is 3. The summed E-state index contributed by atoms with van der Waals surface area (Å²) in [6.45, 7) is 7.03. The number of hydrogen-bond acceptors (Lipinski definition) is 6. The number of ether oxygens (including phenoxy) is 2. The number of anilines is 1. The molecule has 1 amide bonds. The quantitative estimate of drug-likeness (QED) is 0.345. The summed E-state index contributed by atoms with van der Waals surface area (Å²) in [5.41, 5.74) is 0.0165. The van der Waals surface area contributed by atoms with Crippen LogP contribution in [0.2, 0.25) is 0 Å². The first-order valence-corrected chi connectivity index (χ1v) is 14.1. The van der Waals surface area contributed by atoms with Gasteiger partial charge >= 0.3 is 12.1 Å².